The van der Waals surface area contributed by atoms with Crippen LogP contribution in [0.4, 0.5) is 5.82 Å². The van der Waals surface area contributed by atoms with Gasteiger partial charge in [-0.3, -0.25) is 4.79 Å². The molecule has 0 saturated carbocycles. The quantitative estimate of drug-likeness (QED) is 0.324. The predicted octanol–water partition coefficient (Wildman–Crippen LogP) is 3.40. The van der Waals surface area contributed by atoms with Gasteiger partial charge in [-0.05, 0) is 57.6 Å². The van der Waals surface area contributed by atoms with Gasteiger partial charge in [0.2, 0.25) is 6.79 Å². The summed E-state index contributed by atoms with van der Waals surface area (Å²) in [5.41, 5.74) is 5.04. The molecule has 158 valence electrons. The highest BCUT2D eigenvalue weighted by Gasteiger charge is 2.17. The number of carbonyl (C=O) groups is 1. The van der Waals surface area contributed by atoms with Crippen LogP contribution in [0.2, 0.25) is 0 Å². The minimum atomic E-state index is -0.538. The zero-order chi connectivity index (χ0) is 22.0. The lowest BCUT2D eigenvalue weighted by Crippen LogP contribution is -2.18. The first-order chi connectivity index (χ1) is 14.9. The van der Waals surface area contributed by atoms with E-state index in [9.17, 15) is 14.9 Å². The number of benzene rings is 2. The fraction of sp³-hybridized carbons (Fsp3) is 0.150. The monoisotopic (exact) mass is 485 g/mol. The van der Waals surface area contributed by atoms with Gasteiger partial charge in [-0.15, -0.1) is 0 Å². The number of aryl methyl sites for hydroxylation is 1. The molecule has 2 heterocycles. The SMILES string of the molecule is Cc1cc([N+](=O)[O-])nn1Cc1cccc(C(=O)N/N=C\c2cc3c(cc2Br)OCO3)c1. The van der Waals surface area contributed by atoms with Gasteiger partial charge < -0.3 is 19.6 Å². The van der Waals surface area contributed by atoms with E-state index in [2.05, 4.69) is 31.6 Å². The van der Waals surface area contributed by atoms with Gasteiger partial charge in [0.15, 0.2) is 11.5 Å². The molecule has 10 nitrogen and oxygen atoms in total. The maximum Gasteiger partial charge on any atom is 0.390 e. The summed E-state index contributed by atoms with van der Waals surface area (Å²) < 4.78 is 12.9. The fourth-order valence-corrected chi connectivity index (χ4v) is 3.41. The lowest BCUT2D eigenvalue weighted by molar-refractivity contribution is -0.389. The van der Waals surface area contributed by atoms with Crippen molar-refractivity contribution >= 4 is 33.9 Å². The number of rotatable bonds is 6. The Morgan fingerprint density at radius 3 is 2.84 bits per heavy atom. The summed E-state index contributed by atoms with van der Waals surface area (Å²) in [6.45, 7) is 2.20. The van der Waals surface area contributed by atoms with E-state index in [0.717, 1.165) is 10.0 Å². The standard InChI is InChI=1S/C20H16BrN5O5/c1-12-5-19(26(28)29)24-25(12)10-13-3-2-4-14(6-13)20(27)23-22-9-15-7-17-18(8-16(15)21)31-11-30-17/h2-9H,10-11H2,1H3,(H,23,27)/b22-9-. The maximum atomic E-state index is 12.5. The third-order valence-electron chi connectivity index (χ3n) is 4.54. The number of hydrogen-bond donors (Lipinski definition) is 1. The van der Waals surface area contributed by atoms with Crippen molar-refractivity contribution in [1.29, 1.82) is 0 Å². The van der Waals surface area contributed by atoms with E-state index in [1.165, 1.54) is 17.0 Å². The molecule has 0 saturated heterocycles. The molecule has 31 heavy (non-hydrogen) atoms. The highest BCUT2D eigenvalue weighted by Crippen LogP contribution is 2.36. The van der Waals surface area contributed by atoms with Gasteiger partial charge in [0, 0.05) is 15.6 Å². The molecule has 1 aliphatic rings. The first kappa shape index (κ1) is 20.5. The summed E-state index contributed by atoms with van der Waals surface area (Å²) in [5, 5.41) is 18.9. The molecule has 1 amide bonds. The summed E-state index contributed by atoms with van der Waals surface area (Å²) in [6.07, 6.45) is 1.50. The van der Waals surface area contributed by atoms with E-state index in [0.29, 0.717) is 34.9 Å². The first-order valence-corrected chi connectivity index (χ1v) is 9.90. The Morgan fingerprint density at radius 2 is 2.10 bits per heavy atom. The number of halogens is 1. The summed E-state index contributed by atoms with van der Waals surface area (Å²) >= 11 is 3.43. The Morgan fingerprint density at radius 1 is 1.32 bits per heavy atom. The van der Waals surface area contributed by atoms with Crippen molar-refractivity contribution in [2.45, 2.75) is 13.5 Å². The zero-order valence-electron chi connectivity index (χ0n) is 16.2. The second-order valence-electron chi connectivity index (χ2n) is 6.69. The van der Waals surface area contributed by atoms with Crippen LogP contribution in [0.5, 0.6) is 11.5 Å². The Bertz CT molecular complexity index is 1210. The molecule has 0 spiro atoms. The lowest BCUT2D eigenvalue weighted by atomic mass is 10.1. The molecule has 1 aliphatic heterocycles. The molecule has 0 fully saturated rings. The molecule has 0 aliphatic carbocycles. The van der Waals surface area contributed by atoms with Crippen LogP contribution in [0.15, 0.2) is 52.0 Å². The number of aromatic nitrogens is 2. The highest BCUT2D eigenvalue weighted by molar-refractivity contribution is 9.10. The average molecular weight is 486 g/mol. The molecule has 1 aromatic heterocycles. The minimum absolute atomic E-state index is 0.168. The van der Waals surface area contributed by atoms with Crippen molar-refractivity contribution in [3.63, 3.8) is 0 Å². The van der Waals surface area contributed by atoms with Crippen LogP contribution in [0.3, 0.4) is 0 Å². The molecule has 0 unspecified atom stereocenters. The summed E-state index contributed by atoms with van der Waals surface area (Å²) in [6, 6.07) is 11.8. The van der Waals surface area contributed by atoms with Gasteiger partial charge >= 0.3 is 5.82 Å². The van der Waals surface area contributed by atoms with Crippen LogP contribution in [-0.4, -0.2) is 33.6 Å². The van der Waals surface area contributed by atoms with Gasteiger partial charge in [0.05, 0.1) is 29.6 Å². The van der Waals surface area contributed by atoms with E-state index in [1.54, 1.807) is 37.3 Å². The van der Waals surface area contributed by atoms with Gasteiger partial charge in [-0.2, -0.15) is 9.78 Å². The van der Waals surface area contributed by atoms with Gasteiger partial charge in [0.1, 0.15) is 0 Å². The molecule has 1 N–H and O–H groups in total. The number of nitrogens with zero attached hydrogens (tertiary/aromatic N) is 4. The van der Waals surface area contributed by atoms with Crippen molar-refractivity contribution in [2.24, 2.45) is 5.10 Å². The Kier molecular flexibility index (Phi) is 5.67. The smallest absolute Gasteiger partial charge is 0.390 e. The van der Waals surface area contributed by atoms with E-state index in [1.807, 2.05) is 6.07 Å². The first-order valence-electron chi connectivity index (χ1n) is 9.11. The van der Waals surface area contributed by atoms with Crippen molar-refractivity contribution in [3.8, 4) is 11.5 Å². The number of hydrazone groups is 1. The summed E-state index contributed by atoms with van der Waals surface area (Å²) in [4.78, 5) is 22.8. The summed E-state index contributed by atoms with van der Waals surface area (Å²) in [5.74, 6) is 0.647. The number of hydrogen-bond acceptors (Lipinski definition) is 7. The number of ether oxygens (including phenoxy) is 2. The third-order valence-corrected chi connectivity index (χ3v) is 5.23. The molecule has 4 rings (SSSR count). The molecule has 0 radical (unpaired) electrons. The molecule has 0 bridgehead atoms. The van der Waals surface area contributed by atoms with E-state index in [-0.39, 0.29) is 12.6 Å². The minimum Gasteiger partial charge on any atom is -0.454 e. The Balaban J connectivity index is 1.44. The van der Waals surface area contributed by atoms with Crippen molar-refractivity contribution in [2.75, 3.05) is 6.79 Å². The summed E-state index contributed by atoms with van der Waals surface area (Å²) in [7, 11) is 0. The van der Waals surface area contributed by atoms with Crippen molar-refractivity contribution < 1.29 is 19.2 Å². The number of amides is 1. The topological polar surface area (TPSA) is 121 Å². The van der Waals surface area contributed by atoms with Crippen LogP contribution in [-0.2, 0) is 6.54 Å². The van der Waals surface area contributed by atoms with E-state index >= 15 is 0 Å². The van der Waals surface area contributed by atoms with Crippen LogP contribution >= 0.6 is 15.9 Å². The molecule has 2 aromatic carbocycles. The molecule has 3 aromatic rings. The second kappa shape index (κ2) is 8.56. The molecule has 0 atom stereocenters. The Hall–Kier alpha value is -3.73. The van der Waals surface area contributed by atoms with Gasteiger partial charge in [-0.1, -0.05) is 12.1 Å². The highest BCUT2D eigenvalue weighted by atomic mass is 79.9. The molecular formula is C20H16BrN5O5. The van der Waals surface area contributed by atoms with E-state index < -0.39 is 10.8 Å². The van der Waals surface area contributed by atoms with Gasteiger partial charge in [0.25, 0.3) is 5.91 Å². The number of carbonyl (C=O) groups excluding carboxylic acids is 1. The zero-order valence-corrected chi connectivity index (χ0v) is 17.8. The second-order valence-corrected chi connectivity index (χ2v) is 7.54. The maximum absolute atomic E-state index is 12.5. The van der Waals surface area contributed by atoms with Crippen LogP contribution in [0.1, 0.15) is 27.2 Å². The van der Waals surface area contributed by atoms with Crippen LogP contribution in [0.25, 0.3) is 0 Å². The normalized spacial score (nSPS) is 12.3. The molecular weight excluding hydrogens is 470 g/mol. The fourth-order valence-electron chi connectivity index (χ4n) is 2.98. The average Bonchev–Trinajstić information content (AvgIpc) is 3.34. The van der Waals surface area contributed by atoms with Crippen LogP contribution < -0.4 is 14.9 Å². The Labute approximate surface area is 184 Å². The van der Waals surface area contributed by atoms with Crippen molar-refractivity contribution in [3.05, 3.63) is 79.4 Å². The number of nitrogens with one attached hydrogen (secondary N) is 1. The predicted molar refractivity (Wildman–Crippen MR) is 114 cm³/mol. The lowest BCUT2D eigenvalue weighted by Gasteiger charge is -2.05. The van der Waals surface area contributed by atoms with Crippen LogP contribution in [0, 0.1) is 17.0 Å². The largest absolute Gasteiger partial charge is 0.454 e. The number of nitro groups is 1. The van der Waals surface area contributed by atoms with Gasteiger partial charge in [-0.25, -0.2) is 5.43 Å². The van der Waals surface area contributed by atoms with E-state index in [4.69, 9.17) is 9.47 Å². The number of fused-ring (bicyclic) bond motifs is 1. The van der Waals surface area contributed by atoms with Crippen molar-refractivity contribution in [1.82, 2.24) is 15.2 Å². The third kappa shape index (κ3) is 4.56. The molecule has 11 heteroatoms.